The fourth-order valence-corrected chi connectivity index (χ4v) is 1.51. The van der Waals surface area contributed by atoms with E-state index in [2.05, 4.69) is 14.1 Å². The topological polar surface area (TPSA) is 51.5 Å². The van der Waals surface area contributed by atoms with Crippen molar-refractivity contribution in [2.24, 2.45) is 4.40 Å². The van der Waals surface area contributed by atoms with Crippen LogP contribution in [0.1, 0.15) is 26.3 Å². The van der Waals surface area contributed by atoms with Gasteiger partial charge in [-0.05, 0) is 26.8 Å². The van der Waals surface area contributed by atoms with Gasteiger partial charge < -0.3 is 4.74 Å². The van der Waals surface area contributed by atoms with E-state index in [1.54, 1.807) is 20.8 Å². The number of hydrogen-bond donors (Lipinski definition) is 0. The van der Waals surface area contributed by atoms with E-state index < -0.39 is 28.5 Å². The molecule has 0 aliphatic heterocycles. The lowest BCUT2D eigenvalue weighted by molar-refractivity contribution is -0.154. The summed E-state index contributed by atoms with van der Waals surface area (Å²) in [6, 6.07) is 2.79. The molecule has 0 bridgehead atoms. The van der Waals surface area contributed by atoms with Crippen LogP contribution in [-0.2, 0) is 11.0 Å². The Morgan fingerprint density at radius 2 is 2.00 bits per heavy atom. The molecule has 1 aromatic rings. The summed E-state index contributed by atoms with van der Waals surface area (Å²) in [5, 5.41) is 0. The van der Waals surface area contributed by atoms with Crippen LogP contribution < -0.4 is 4.74 Å². The Bertz CT molecular complexity index is 493. The first-order valence-corrected chi connectivity index (χ1v) is 6.80. The maximum atomic E-state index is 11.9. The minimum atomic E-state index is -4.40. The number of pyridine rings is 1. The summed E-state index contributed by atoms with van der Waals surface area (Å²) in [6.45, 7) is 3.97. The summed E-state index contributed by atoms with van der Waals surface area (Å²) < 4.78 is 55.3. The highest BCUT2D eigenvalue weighted by Crippen LogP contribution is 2.17. The van der Waals surface area contributed by atoms with Crippen molar-refractivity contribution >= 4 is 17.2 Å². The smallest absolute Gasteiger partial charge is 0.422 e. The summed E-state index contributed by atoms with van der Waals surface area (Å²) in [6.07, 6.45) is -1.73. The number of aromatic nitrogens is 1. The van der Waals surface area contributed by atoms with Crippen LogP contribution in [0.4, 0.5) is 13.2 Å². The molecule has 1 atom stereocenters. The van der Waals surface area contributed by atoms with Crippen LogP contribution in [0.25, 0.3) is 0 Å². The average molecular weight is 308 g/mol. The number of halogens is 3. The van der Waals surface area contributed by atoms with Crippen LogP contribution in [0, 0.1) is 0 Å². The lowest BCUT2D eigenvalue weighted by Gasteiger charge is -2.12. The van der Waals surface area contributed by atoms with Gasteiger partial charge in [-0.1, -0.05) is 0 Å². The molecule has 20 heavy (non-hydrogen) atoms. The Hall–Kier alpha value is -1.44. The molecule has 0 fully saturated rings. The number of nitrogens with zero attached hydrogens (tertiary/aromatic N) is 2. The van der Waals surface area contributed by atoms with Gasteiger partial charge in [-0.25, -0.2) is 9.19 Å². The Labute approximate surface area is 117 Å². The molecule has 0 saturated heterocycles. The Kier molecular flexibility index (Phi) is 5.27. The fourth-order valence-electron chi connectivity index (χ4n) is 0.976. The Balaban J connectivity index is 2.63. The van der Waals surface area contributed by atoms with E-state index in [0.29, 0.717) is 5.56 Å². The summed E-state index contributed by atoms with van der Waals surface area (Å²) in [5.41, 5.74) is 0.530. The van der Waals surface area contributed by atoms with Gasteiger partial charge in [0, 0.05) is 24.0 Å². The van der Waals surface area contributed by atoms with Crippen LogP contribution in [0.3, 0.4) is 0 Å². The molecule has 112 valence electrons. The molecule has 8 heteroatoms. The normalized spacial score (nSPS) is 14.5. The van der Waals surface area contributed by atoms with E-state index in [1.165, 1.54) is 24.5 Å². The minimum absolute atomic E-state index is 0.128. The summed E-state index contributed by atoms with van der Waals surface area (Å²) >= 11 is 0. The van der Waals surface area contributed by atoms with Crippen LogP contribution in [0.5, 0.6) is 5.88 Å². The highest BCUT2D eigenvalue weighted by Gasteiger charge is 2.28. The molecule has 4 nitrogen and oxygen atoms in total. The Morgan fingerprint density at radius 1 is 1.35 bits per heavy atom. The average Bonchev–Trinajstić information content (AvgIpc) is 2.32. The van der Waals surface area contributed by atoms with Crippen molar-refractivity contribution in [1.29, 1.82) is 0 Å². The van der Waals surface area contributed by atoms with Gasteiger partial charge >= 0.3 is 6.18 Å². The minimum Gasteiger partial charge on any atom is -0.468 e. The predicted molar refractivity (Wildman–Crippen MR) is 71.3 cm³/mol. The maximum absolute atomic E-state index is 11.9. The van der Waals surface area contributed by atoms with E-state index in [1.807, 2.05) is 0 Å². The summed E-state index contributed by atoms with van der Waals surface area (Å²) in [7, 11) is -1.40. The van der Waals surface area contributed by atoms with Crippen molar-refractivity contribution in [1.82, 2.24) is 4.98 Å². The van der Waals surface area contributed by atoms with E-state index >= 15 is 0 Å². The molecule has 0 aliphatic rings. The van der Waals surface area contributed by atoms with E-state index in [4.69, 9.17) is 0 Å². The molecule has 1 rings (SSSR count). The zero-order valence-corrected chi connectivity index (χ0v) is 12.1. The van der Waals surface area contributed by atoms with Gasteiger partial charge in [-0.3, -0.25) is 0 Å². The maximum Gasteiger partial charge on any atom is 0.422 e. The SMILES string of the molecule is CC(C)(C)S(=O)/N=C/c1ccc(OCC(F)(F)F)nc1. The third-order valence-electron chi connectivity index (χ3n) is 1.96. The summed E-state index contributed by atoms with van der Waals surface area (Å²) in [4.78, 5) is 3.71. The standard InChI is InChI=1S/C12H15F3N2O2S/c1-11(2,3)20(18)17-7-9-4-5-10(16-6-9)19-8-12(13,14)15/h4-7H,8H2,1-3H3/b17-7+. The van der Waals surface area contributed by atoms with Crippen molar-refractivity contribution in [3.05, 3.63) is 23.9 Å². The molecule has 0 radical (unpaired) electrons. The number of alkyl halides is 3. The molecule has 0 saturated carbocycles. The molecule has 0 aromatic carbocycles. The van der Waals surface area contributed by atoms with E-state index in [9.17, 15) is 17.4 Å². The number of rotatable bonds is 4. The van der Waals surface area contributed by atoms with E-state index in [0.717, 1.165) is 0 Å². The second kappa shape index (κ2) is 6.34. The fraction of sp³-hybridized carbons (Fsp3) is 0.500. The van der Waals surface area contributed by atoms with E-state index in [-0.39, 0.29) is 5.88 Å². The highest BCUT2D eigenvalue weighted by atomic mass is 32.2. The van der Waals surface area contributed by atoms with Gasteiger partial charge in [0.15, 0.2) is 6.61 Å². The molecule has 1 aromatic heterocycles. The molecule has 0 spiro atoms. The number of ether oxygens (including phenoxy) is 1. The number of hydrogen-bond acceptors (Lipinski definition) is 3. The monoisotopic (exact) mass is 308 g/mol. The lowest BCUT2D eigenvalue weighted by atomic mass is 10.3. The first-order valence-electron chi connectivity index (χ1n) is 5.69. The molecule has 1 heterocycles. The third kappa shape index (κ3) is 6.14. The predicted octanol–water partition coefficient (Wildman–Crippen LogP) is 2.90. The largest absolute Gasteiger partial charge is 0.468 e. The molecule has 0 aliphatic carbocycles. The van der Waals surface area contributed by atoms with Crippen LogP contribution in [0.15, 0.2) is 22.7 Å². The molecular weight excluding hydrogens is 293 g/mol. The van der Waals surface area contributed by atoms with Crippen LogP contribution in [0.2, 0.25) is 0 Å². The molecule has 1 unspecified atom stereocenters. The summed E-state index contributed by atoms with van der Waals surface area (Å²) in [5.74, 6) is -0.128. The van der Waals surface area contributed by atoms with Crippen molar-refractivity contribution in [2.75, 3.05) is 6.61 Å². The molecular formula is C12H15F3N2O2S. The third-order valence-corrected chi connectivity index (χ3v) is 3.31. The molecule has 0 amide bonds. The first kappa shape index (κ1) is 16.6. The molecule has 0 N–H and O–H groups in total. The zero-order valence-electron chi connectivity index (χ0n) is 11.3. The van der Waals surface area contributed by atoms with Crippen molar-refractivity contribution in [3.63, 3.8) is 0 Å². The van der Waals surface area contributed by atoms with Crippen molar-refractivity contribution < 1.29 is 22.1 Å². The zero-order chi connectivity index (χ0) is 15.4. The second-order valence-corrected chi connectivity index (χ2v) is 6.86. The van der Waals surface area contributed by atoms with Gasteiger partial charge in [0.05, 0.1) is 4.75 Å². The van der Waals surface area contributed by atoms with Gasteiger partial charge in [0.1, 0.15) is 11.0 Å². The Morgan fingerprint density at radius 3 is 2.45 bits per heavy atom. The van der Waals surface area contributed by atoms with Crippen molar-refractivity contribution in [2.45, 2.75) is 31.7 Å². The van der Waals surface area contributed by atoms with Gasteiger partial charge in [0.25, 0.3) is 0 Å². The van der Waals surface area contributed by atoms with Gasteiger partial charge in [-0.2, -0.15) is 17.6 Å². The first-order chi connectivity index (χ1) is 9.08. The van der Waals surface area contributed by atoms with Gasteiger partial charge in [0.2, 0.25) is 5.88 Å². The van der Waals surface area contributed by atoms with Crippen LogP contribution in [-0.4, -0.2) is 32.9 Å². The van der Waals surface area contributed by atoms with Gasteiger partial charge in [-0.15, -0.1) is 0 Å². The quantitative estimate of drug-likeness (QED) is 0.804. The van der Waals surface area contributed by atoms with Crippen molar-refractivity contribution in [3.8, 4) is 5.88 Å². The van der Waals surface area contributed by atoms with Crippen LogP contribution >= 0.6 is 0 Å². The second-order valence-electron chi connectivity index (χ2n) is 4.93. The highest BCUT2D eigenvalue weighted by molar-refractivity contribution is 7.85. The lowest BCUT2D eigenvalue weighted by Crippen LogP contribution is -2.20.